The van der Waals surface area contributed by atoms with E-state index in [4.69, 9.17) is 4.74 Å². The molecule has 0 radical (unpaired) electrons. The van der Waals surface area contributed by atoms with Gasteiger partial charge in [-0.2, -0.15) is 0 Å². The summed E-state index contributed by atoms with van der Waals surface area (Å²) in [5, 5.41) is 3.43. The number of hydrogen-bond acceptors (Lipinski definition) is 5. The molecule has 1 N–H and O–H groups in total. The number of nitrogens with zero attached hydrogens (tertiary/aromatic N) is 2. The Morgan fingerprint density at radius 2 is 1.90 bits per heavy atom. The zero-order chi connectivity index (χ0) is 15.2. The van der Waals surface area contributed by atoms with Crippen molar-refractivity contribution in [3.8, 4) is 0 Å². The SMILES string of the molecule is CCOC(=O)C(CCN1CCN(C(C)C)CC1)NC1CC1. The molecular formula is C16H31N3O2. The van der Waals surface area contributed by atoms with Gasteiger partial charge in [0.1, 0.15) is 6.04 Å². The van der Waals surface area contributed by atoms with E-state index in [2.05, 4.69) is 29.0 Å². The molecule has 122 valence electrons. The highest BCUT2D eigenvalue weighted by atomic mass is 16.5. The number of hydrogen-bond donors (Lipinski definition) is 1. The molecule has 1 heterocycles. The maximum Gasteiger partial charge on any atom is 0.323 e. The maximum atomic E-state index is 12.0. The maximum absolute atomic E-state index is 12.0. The summed E-state index contributed by atoms with van der Waals surface area (Å²) in [5.74, 6) is -0.0785. The lowest BCUT2D eigenvalue weighted by Crippen LogP contribution is -2.50. The van der Waals surface area contributed by atoms with Gasteiger partial charge < -0.3 is 15.0 Å². The van der Waals surface area contributed by atoms with E-state index in [9.17, 15) is 4.79 Å². The minimum absolute atomic E-state index is 0.0785. The van der Waals surface area contributed by atoms with E-state index in [-0.39, 0.29) is 12.0 Å². The highest BCUT2D eigenvalue weighted by Gasteiger charge is 2.29. The fourth-order valence-corrected chi connectivity index (χ4v) is 2.86. The molecule has 5 heteroatoms. The van der Waals surface area contributed by atoms with Crippen molar-refractivity contribution < 1.29 is 9.53 Å². The van der Waals surface area contributed by atoms with Crippen LogP contribution in [0.4, 0.5) is 0 Å². The van der Waals surface area contributed by atoms with Crippen molar-refractivity contribution in [1.29, 1.82) is 0 Å². The molecule has 0 bridgehead atoms. The quantitative estimate of drug-likeness (QED) is 0.679. The molecule has 21 heavy (non-hydrogen) atoms. The Kier molecular flexibility index (Phi) is 6.45. The Bertz CT molecular complexity index is 323. The van der Waals surface area contributed by atoms with Crippen LogP contribution in [0.2, 0.25) is 0 Å². The van der Waals surface area contributed by atoms with E-state index in [1.807, 2.05) is 6.92 Å². The first kappa shape index (κ1) is 16.7. The molecule has 1 saturated heterocycles. The third-order valence-electron chi connectivity index (χ3n) is 4.46. The van der Waals surface area contributed by atoms with Crippen molar-refractivity contribution in [3.63, 3.8) is 0 Å². The van der Waals surface area contributed by atoms with E-state index in [0.717, 1.165) is 39.1 Å². The van der Waals surface area contributed by atoms with Gasteiger partial charge in [0.05, 0.1) is 6.61 Å². The minimum atomic E-state index is -0.124. The van der Waals surface area contributed by atoms with Crippen LogP contribution in [0, 0.1) is 0 Å². The fourth-order valence-electron chi connectivity index (χ4n) is 2.86. The second kappa shape index (κ2) is 8.11. The first-order chi connectivity index (χ1) is 10.1. The molecule has 1 atom stereocenters. The molecule has 5 nitrogen and oxygen atoms in total. The van der Waals surface area contributed by atoms with Crippen LogP contribution in [0.15, 0.2) is 0 Å². The minimum Gasteiger partial charge on any atom is -0.465 e. The summed E-state index contributed by atoms with van der Waals surface area (Å²) >= 11 is 0. The highest BCUT2D eigenvalue weighted by molar-refractivity contribution is 5.75. The van der Waals surface area contributed by atoms with Crippen molar-refractivity contribution in [2.24, 2.45) is 0 Å². The first-order valence-corrected chi connectivity index (χ1v) is 8.49. The van der Waals surface area contributed by atoms with Gasteiger partial charge in [0.25, 0.3) is 0 Å². The third-order valence-corrected chi connectivity index (χ3v) is 4.46. The Balaban J connectivity index is 1.72. The molecule has 2 aliphatic rings. The van der Waals surface area contributed by atoms with Gasteiger partial charge in [-0.3, -0.25) is 9.69 Å². The lowest BCUT2D eigenvalue weighted by molar-refractivity contribution is -0.146. The third kappa shape index (κ3) is 5.57. The molecule has 1 aliphatic heterocycles. The largest absolute Gasteiger partial charge is 0.465 e. The van der Waals surface area contributed by atoms with Crippen LogP contribution >= 0.6 is 0 Å². The number of nitrogens with one attached hydrogen (secondary N) is 1. The van der Waals surface area contributed by atoms with Crippen molar-refractivity contribution in [3.05, 3.63) is 0 Å². The van der Waals surface area contributed by atoms with Crippen LogP contribution in [0.5, 0.6) is 0 Å². The summed E-state index contributed by atoms with van der Waals surface area (Å²) in [6, 6.07) is 1.05. The number of carbonyl (C=O) groups excluding carboxylic acids is 1. The van der Waals surface area contributed by atoms with E-state index in [1.165, 1.54) is 12.8 Å². The molecule has 1 unspecified atom stereocenters. The molecule has 2 fully saturated rings. The van der Waals surface area contributed by atoms with Gasteiger partial charge in [-0.05, 0) is 40.0 Å². The van der Waals surface area contributed by atoms with Crippen molar-refractivity contribution >= 4 is 5.97 Å². The molecule has 0 aromatic carbocycles. The second-order valence-corrected chi connectivity index (χ2v) is 6.51. The number of carbonyl (C=O) groups is 1. The van der Waals surface area contributed by atoms with Crippen LogP contribution in [0.1, 0.15) is 40.0 Å². The zero-order valence-electron chi connectivity index (χ0n) is 13.8. The van der Waals surface area contributed by atoms with Crippen LogP contribution in [0.25, 0.3) is 0 Å². The normalized spacial score (nSPS) is 22.5. The topological polar surface area (TPSA) is 44.8 Å². The fraction of sp³-hybridized carbons (Fsp3) is 0.938. The summed E-state index contributed by atoms with van der Waals surface area (Å²) in [6.45, 7) is 12.3. The molecule has 1 aliphatic carbocycles. The smallest absolute Gasteiger partial charge is 0.323 e. The summed E-state index contributed by atoms with van der Waals surface area (Å²) in [6.07, 6.45) is 3.25. The second-order valence-electron chi connectivity index (χ2n) is 6.51. The number of piperazine rings is 1. The van der Waals surface area contributed by atoms with Crippen molar-refractivity contribution in [2.45, 2.75) is 58.2 Å². The Labute approximate surface area is 129 Å². The standard InChI is InChI=1S/C16H31N3O2/c1-4-21-16(20)15(17-14-5-6-14)7-8-18-9-11-19(12-10-18)13(2)3/h13-15,17H,4-12H2,1-3H3. The van der Waals surface area contributed by atoms with Crippen LogP contribution in [-0.2, 0) is 9.53 Å². The van der Waals surface area contributed by atoms with Gasteiger partial charge in [0.2, 0.25) is 0 Å². The summed E-state index contributed by atoms with van der Waals surface area (Å²) in [7, 11) is 0. The Hall–Kier alpha value is -0.650. The van der Waals surface area contributed by atoms with Gasteiger partial charge in [-0.1, -0.05) is 0 Å². The van der Waals surface area contributed by atoms with Crippen molar-refractivity contribution in [2.75, 3.05) is 39.3 Å². The van der Waals surface area contributed by atoms with Crippen LogP contribution in [-0.4, -0.2) is 73.2 Å². The predicted molar refractivity (Wildman–Crippen MR) is 84.3 cm³/mol. The molecule has 2 rings (SSSR count). The van der Waals surface area contributed by atoms with Crippen LogP contribution in [0.3, 0.4) is 0 Å². The summed E-state index contributed by atoms with van der Waals surface area (Å²) in [5.41, 5.74) is 0. The average Bonchev–Trinajstić information content (AvgIpc) is 3.28. The lowest BCUT2D eigenvalue weighted by Gasteiger charge is -2.37. The molecule has 0 amide bonds. The molecule has 0 aromatic heterocycles. The van der Waals surface area contributed by atoms with E-state index >= 15 is 0 Å². The zero-order valence-corrected chi connectivity index (χ0v) is 13.8. The van der Waals surface area contributed by atoms with Gasteiger partial charge in [0, 0.05) is 44.8 Å². The molecule has 0 aromatic rings. The summed E-state index contributed by atoms with van der Waals surface area (Å²) < 4.78 is 5.19. The monoisotopic (exact) mass is 297 g/mol. The van der Waals surface area contributed by atoms with Gasteiger partial charge in [0.15, 0.2) is 0 Å². The molecule has 1 saturated carbocycles. The lowest BCUT2D eigenvalue weighted by atomic mass is 10.1. The summed E-state index contributed by atoms with van der Waals surface area (Å²) in [4.78, 5) is 17.0. The predicted octanol–water partition coefficient (Wildman–Crippen LogP) is 1.09. The van der Waals surface area contributed by atoms with E-state index < -0.39 is 0 Å². The van der Waals surface area contributed by atoms with Crippen molar-refractivity contribution in [1.82, 2.24) is 15.1 Å². The molecular weight excluding hydrogens is 266 g/mol. The first-order valence-electron chi connectivity index (χ1n) is 8.49. The Morgan fingerprint density at radius 1 is 1.24 bits per heavy atom. The molecule has 0 spiro atoms. The van der Waals surface area contributed by atoms with Gasteiger partial charge in [-0.25, -0.2) is 0 Å². The van der Waals surface area contributed by atoms with Gasteiger partial charge in [-0.15, -0.1) is 0 Å². The number of ether oxygens (including phenoxy) is 1. The average molecular weight is 297 g/mol. The Morgan fingerprint density at radius 3 is 2.43 bits per heavy atom. The highest BCUT2D eigenvalue weighted by Crippen LogP contribution is 2.20. The van der Waals surface area contributed by atoms with E-state index in [1.54, 1.807) is 0 Å². The van der Waals surface area contributed by atoms with Crippen LogP contribution < -0.4 is 5.32 Å². The van der Waals surface area contributed by atoms with Gasteiger partial charge >= 0.3 is 5.97 Å². The number of rotatable bonds is 8. The van der Waals surface area contributed by atoms with E-state index in [0.29, 0.717) is 18.7 Å². The number of esters is 1.